The largest absolute Gasteiger partial charge is 0.345 e. The number of H-pyrrole nitrogens is 1. The van der Waals surface area contributed by atoms with E-state index in [-0.39, 0.29) is 0 Å². The third-order valence-electron chi connectivity index (χ3n) is 1.91. The fraction of sp³-hybridized carbons (Fsp3) is 0.667. The molecule has 0 spiro atoms. The van der Waals surface area contributed by atoms with Crippen molar-refractivity contribution in [2.24, 2.45) is 0 Å². The van der Waals surface area contributed by atoms with Gasteiger partial charge in [0.15, 0.2) is 0 Å². The summed E-state index contributed by atoms with van der Waals surface area (Å²) in [4.78, 5) is 7.70. The Kier molecular flexibility index (Phi) is 3.29. The number of aryl methyl sites for hydroxylation is 2. The average molecular weight is 167 g/mol. The van der Waals surface area contributed by atoms with Gasteiger partial charge in [0.1, 0.15) is 5.82 Å². The fourth-order valence-corrected chi connectivity index (χ4v) is 1.23. The molecule has 0 fully saturated rings. The third-order valence-corrected chi connectivity index (χ3v) is 1.91. The zero-order valence-electron chi connectivity index (χ0n) is 8.07. The maximum Gasteiger partial charge on any atom is 0.120 e. The Bertz CT molecular complexity index is 240. The van der Waals surface area contributed by atoms with Crippen LogP contribution in [0.1, 0.15) is 31.1 Å². The Morgan fingerprint density at radius 3 is 2.67 bits per heavy atom. The van der Waals surface area contributed by atoms with E-state index in [1.54, 1.807) is 0 Å². The van der Waals surface area contributed by atoms with Gasteiger partial charge in [-0.3, -0.25) is 0 Å². The van der Waals surface area contributed by atoms with Gasteiger partial charge in [0.05, 0.1) is 12.2 Å². The molecule has 0 aliphatic heterocycles. The Balaban J connectivity index is 2.62. The number of aromatic nitrogens is 2. The van der Waals surface area contributed by atoms with Gasteiger partial charge >= 0.3 is 0 Å². The van der Waals surface area contributed by atoms with Crippen molar-refractivity contribution in [3.05, 3.63) is 17.2 Å². The molecule has 12 heavy (non-hydrogen) atoms. The van der Waals surface area contributed by atoms with Crippen molar-refractivity contribution in [2.45, 2.75) is 33.7 Å². The van der Waals surface area contributed by atoms with Crippen LogP contribution in [0.15, 0.2) is 0 Å². The SMILES string of the molecule is CCNCc1nc(CC)c(C)[nH]1. The van der Waals surface area contributed by atoms with Gasteiger partial charge in [0.25, 0.3) is 0 Å². The summed E-state index contributed by atoms with van der Waals surface area (Å²) in [5.41, 5.74) is 2.38. The van der Waals surface area contributed by atoms with Gasteiger partial charge < -0.3 is 10.3 Å². The van der Waals surface area contributed by atoms with E-state index in [1.165, 1.54) is 11.4 Å². The van der Waals surface area contributed by atoms with Crippen LogP contribution in [0.25, 0.3) is 0 Å². The van der Waals surface area contributed by atoms with Crippen LogP contribution in [-0.4, -0.2) is 16.5 Å². The van der Waals surface area contributed by atoms with Crippen molar-refractivity contribution >= 4 is 0 Å². The molecule has 1 rings (SSSR count). The highest BCUT2D eigenvalue weighted by atomic mass is 15.0. The van der Waals surface area contributed by atoms with Crippen LogP contribution in [0, 0.1) is 6.92 Å². The Labute approximate surface area is 73.6 Å². The van der Waals surface area contributed by atoms with E-state index in [9.17, 15) is 0 Å². The monoisotopic (exact) mass is 167 g/mol. The molecule has 0 saturated carbocycles. The van der Waals surface area contributed by atoms with E-state index < -0.39 is 0 Å². The molecule has 0 radical (unpaired) electrons. The van der Waals surface area contributed by atoms with E-state index in [0.717, 1.165) is 25.3 Å². The lowest BCUT2D eigenvalue weighted by atomic mass is 10.3. The first-order valence-corrected chi connectivity index (χ1v) is 4.53. The van der Waals surface area contributed by atoms with E-state index in [4.69, 9.17) is 0 Å². The highest BCUT2D eigenvalue weighted by molar-refractivity contribution is 5.12. The lowest BCUT2D eigenvalue weighted by Gasteiger charge is -1.95. The van der Waals surface area contributed by atoms with Crippen LogP contribution < -0.4 is 5.32 Å². The van der Waals surface area contributed by atoms with Crippen LogP contribution >= 0.6 is 0 Å². The van der Waals surface area contributed by atoms with Crippen molar-refractivity contribution in [1.29, 1.82) is 0 Å². The molecule has 0 atom stereocenters. The Hall–Kier alpha value is -0.830. The minimum atomic E-state index is 0.845. The molecule has 3 nitrogen and oxygen atoms in total. The van der Waals surface area contributed by atoms with Crippen LogP contribution in [0.3, 0.4) is 0 Å². The number of imidazole rings is 1. The van der Waals surface area contributed by atoms with Crippen LogP contribution in [0.5, 0.6) is 0 Å². The number of hydrogen-bond acceptors (Lipinski definition) is 2. The predicted octanol–water partition coefficient (Wildman–Crippen LogP) is 1.39. The lowest BCUT2D eigenvalue weighted by Crippen LogP contribution is -2.12. The van der Waals surface area contributed by atoms with Gasteiger partial charge in [-0.25, -0.2) is 4.98 Å². The van der Waals surface area contributed by atoms with E-state index in [2.05, 4.69) is 36.1 Å². The lowest BCUT2D eigenvalue weighted by molar-refractivity contribution is 0.696. The second-order valence-corrected chi connectivity index (χ2v) is 2.89. The van der Waals surface area contributed by atoms with Crippen molar-refractivity contribution in [1.82, 2.24) is 15.3 Å². The van der Waals surface area contributed by atoms with Crippen molar-refractivity contribution in [3.63, 3.8) is 0 Å². The van der Waals surface area contributed by atoms with Gasteiger partial charge in [-0.05, 0) is 19.9 Å². The van der Waals surface area contributed by atoms with Crippen LogP contribution in [0.4, 0.5) is 0 Å². The number of nitrogens with zero attached hydrogens (tertiary/aromatic N) is 1. The third kappa shape index (κ3) is 2.08. The van der Waals surface area contributed by atoms with Crippen molar-refractivity contribution in [2.75, 3.05) is 6.54 Å². The van der Waals surface area contributed by atoms with Gasteiger partial charge in [-0.2, -0.15) is 0 Å². The molecule has 0 aliphatic carbocycles. The van der Waals surface area contributed by atoms with Gasteiger partial charge in [0, 0.05) is 5.69 Å². The molecular formula is C9H17N3. The van der Waals surface area contributed by atoms with E-state index in [0.29, 0.717) is 0 Å². The summed E-state index contributed by atoms with van der Waals surface area (Å²) in [7, 11) is 0. The molecule has 3 heteroatoms. The maximum absolute atomic E-state index is 4.45. The average Bonchev–Trinajstić information content (AvgIpc) is 2.43. The molecule has 0 unspecified atom stereocenters. The minimum absolute atomic E-state index is 0.845. The first-order chi connectivity index (χ1) is 5.77. The molecule has 1 heterocycles. The number of aromatic amines is 1. The highest BCUT2D eigenvalue weighted by Gasteiger charge is 2.02. The fourth-order valence-electron chi connectivity index (χ4n) is 1.23. The quantitative estimate of drug-likeness (QED) is 0.711. The molecule has 2 N–H and O–H groups in total. The number of rotatable bonds is 4. The predicted molar refractivity (Wildman–Crippen MR) is 50.1 cm³/mol. The molecule has 68 valence electrons. The minimum Gasteiger partial charge on any atom is -0.345 e. The van der Waals surface area contributed by atoms with Gasteiger partial charge in [-0.15, -0.1) is 0 Å². The molecular weight excluding hydrogens is 150 g/mol. The number of hydrogen-bond donors (Lipinski definition) is 2. The standard InChI is InChI=1S/C9H17N3/c1-4-8-7(3)11-9(12-8)6-10-5-2/h10H,4-6H2,1-3H3,(H,11,12). The first-order valence-electron chi connectivity index (χ1n) is 4.53. The van der Waals surface area contributed by atoms with Gasteiger partial charge in [0.2, 0.25) is 0 Å². The zero-order valence-corrected chi connectivity index (χ0v) is 8.07. The van der Waals surface area contributed by atoms with E-state index >= 15 is 0 Å². The second kappa shape index (κ2) is 4.26. The summed E-state index contributed by atoms with van der Waals surface area (Å²) in [6.07, 6.45) is 1.01. The molecule has 1 aromatic rings. The van der Waals surface area contributed by atoms with Crippen molar-refractivity contribution < 1.29 is 0 Å². The second-order valence-electron chi connectivity index (χ2n) is 2.89. The molecule has 0 aliphatic rings. The summed E-state index contributed by atoms with van der Waals surface area (Å²) >= 11 is 0. The molecule has 1 aromatic heterocycles. The molecule has 0 saturated heterocycles. The topological polar surface area (TPSA) is 40.7 Å². The van der Waals surface area contributed by atoms with Crippen molar-refractivity contribution in [3.8, 4) is 0 Å². The van der Waals surface area contributed by atoms with E-state index in [1.807, 2.05) is 0 Å². The maximum atomic E-state index is 4.45. The van der Waals surface area contributed by atoms with Crippen LogP contribution in [-0.2, 0) is 13.0 Å². The van der Waals surface area contributed by atoms with Gasteiger partial charge in [-0.1, -0.05) is 13.8 Å². The van der Waals surface area contributed by atoms with Crippen LogP contribution in [0.2, 0.25) is 0 Å². The molecule has 0 aromatic carbocycles. The smallest absolute Gasteiger partial charge is 0.120 e. The summed E-state index contributed by atoms with van der Waals surface area (Å²) in [6.45, 7) is 8.12. The number of nitrogens with one attached hydrogen (secondary N) is 2. The summed E-state index contributed by atoms with van der Waals surface area (Å²) < 4.78 is 0. The molecule has 0 amide bonds. The summed E-state index contributed by atoms with van der Waals surface area (Å²) in [6, 6.07) is 0. The summed E-state index contributed by atoms with van der Waals surface area (Å²) in [5, 5.41) is 3.24. The first kappa shape index (κ1) is 9.26. The Morgan fingerprint density at radius 1 is 1.42 bits per heavy atom. The highest BCUT2D eigenvalue weighted by Crippen LogP contribution is 2.04. The summed E-state index contributed by atoms with van der Waals surface area (Å²) in [5.74, 6) is 1.05. The molecule has 0 bridgehead atoms. The Morgan fingerprint density at radius 2 is 2.17 bits per heavy atom. The normalized spacial score (nSPS) is 10.6. The zero-order chi connectivity index (χ0) is 8.97.